The van der Waals surface area contributed by atoms with Crippen LogP contribution in [-0.4, -0.2) is 66.2 Å². The van der Waals surface area contributed by atoms with Crippen molar-refractivity contribution in [1.82, 2.24) is 24.5 Å². The smallest absolute Gasteiger partial charge is 0.246 e. The first kappa shape index (κ1) is 22.6. The molecule has 154 valence electrons. The normalized spacial score (nSPS) is 19.9. The molecule has 2 aliphatic rings. The highest BCUT2D eigenvalue weighted by Crippen LogP contribution is 2.23. The molecule has 1 aromatic carbocycles. The van der Waals surface area contributed by atoms with Gasteiger partial charge in [0.2, 0.25) is 15.9 Å². The SMILES string of the molecule is Cl.Cl.O=C(C1NCCc2[nH]cnc21)N1CCN(S(=O)(=O)c2ccccc2)CC1. The number of fused-ring (bicyclic) bond motifs is 1. The number of carbonyl (C=O) groups is 1. The number of nitrogens with one attached hydrogen (secondary N) is 2. The summed E-state index contributed by atoms with van der Waals surface area (Å²) in [5.74, 6) is -0.0465. The number of benzene rings is 1. The Kier molecular flexibility index (Phi) is 7.46. The van der Waals surface area contributed by atoms with Gasteiger partial charge in [-0.15, -0.1) is 24.8 Å². The minimum Gasteiger partial charge on any atom is -0.348 e. The molecule has 11 heteroatoms. The number of hydrogen-bond acceptors (Lipinski definition) is 5. The predicted molar refractivity (Wildman–Crippen MR) is 109 cm³/mol. The summed E-state index contributed by atoms with van der Waals surface area (Å²) in [7, 11) is -3.51. The number of aromatic nitrogens is 2. The van der Waals surface area contributed by atoms with E-state index in [2.05, 4.69) is 15.3 Å². The monoisotopic (exact) mass is 447 g/mol. The van der Waals surface area contributed by atoms with Gasteiger partial charge in [-0.2, -0.15) is 4.31 Å². The zero-order valence-corrected chi connectivity index (χ0v) is 17.5. The fraction of sp³-hybridized carbons (Fsp3) is 0.412. The first-order valence-electron chi connectivity index (χ1n) is 8.67. The van der Waals surface area contributed by atoms with Crippen molar-refractivity contribution < 1.29 is 13.2 Å². The van der Waals surface area contributed by atoms with Crippen LogP contribution >= 0.6 is 24.8 Å². The van der Waals surface area contributed by atoms with E-state index >= 15 is 0 Å². The molecule has 1 saturated heterocycles. The quantitative estimate of drug-likeness (QED) is 0.730. The fourth-order valence-electron chi connectivity index (χ4n) is 3.50. The van der Waals surface area contributed by atoms with E-state index in [0.717, 1.165) is 17.8 Å². The van der Waals surface area contributed by atoms with E-state index in [1.165, 1.54) is 4.31 Å². The standard InChI is InChI=1S/C17H21N5O3S.2ClH/c23-17(16-15-14(6-7-18-16)19-12-20-15)21-8-10-22(11-9-21)26(24,25)13-4-2-1-3-5-13;;/h1-5,12,16,18H,6-11H2,(H,19,20);2*1H. The average Bonchev–Trinajstić information content (AvgIpc) is 3.17. The molecule has 28 heavy (non-hydrogen) atoms. The van der Waals surface area contributed by atoms with Crippen LogP contribution in [0.4, 0.5) is 0 Å². The van der Waals surface area contributed by atoms with E-state index in [4.69, 9.17) is 0 Å². The van der Waals surface area contributed by atoms with Crippen molar-refractivity contribution in [3.8, 4) is 0 Å². The van der Waals surface area contributed by atoms with Gasteiger partial charge in [-0.25, -0.2) is 13.4 Å². The molecule has 1 atom stereocenters. The Bertz CT molecular complexity index is 899. The number of aromatic amines is 1. The van der Waals surface area contributed by atoms with Crippen molar-refractivity contribution in [1.29, 1.82) is 0 Å². The van der Waals surface area contributed by atoms with Gasteiger partial charge in [0, 0.05) is 44.8 Å². The Labute approximate surface area is 176 Å². The Balaban J connectivity index is 0.00000140. The van der Waals surface area contributed by atoms with Gasteiger partial charge in [-0.3, -0.25) is 4.79 Å². The van der Waals surface area contributed by atoms with E-state index in [-0.39, 0.29) is 35.6 Å². The lowest BCUT2D eigenvalue weighted by Crippen LogP contribution is -2.53. The minimum atomic E-state index is -3.51. The lowest BCUT2D eigenvalue weighted by atomic mass is 10.0. The van der Waals surface area contributed by atoms with Crippen LogP contribution in [0.25, 0.3) is 0 Å². The van der Waals surface area contributed by atoms with Crippen LogP contribution < -0.4 is 5.32 Å². The summed E-state index contributed by atoms with van der Waals surface area (Å²) in [6, 6.07) is 7.94. The summed E-state index contributed by atoms with van der Waals surface area (Å²) in [4.78, 5) is 22.2. The molecule has 0 aliphatic carbocycles. The first-order chi connectivity index (χ1) is 12.6. The van der Waals surface area contributed by atoms with E-state index < -0.39 is 16.1 Å². The van der Waals surface area contributed by atoms with Crippen molar-refractivity contribution in [2.45, 2.75) is 17.4 Å². The Hall–Kier alpha value is -1.65. The summed E-state index contributed by atoms with van der Waals surface area (Å²) < 4.78 is 26.8. The van der Waals surface area contributed by atoms with Crippen LogP contribution in [0.15, 0.2) is 41.6 Å². The number of H-pyrrole nitrogens is 1. The number of carbonyl (C=O) groups excluding carboxylic acids is 1. The topological polar surface area (TPSA) is 98.4 Å². The molecule has 2 aromatic rings. The highest BCUT2D eigenvalue weighted by Gasteiger charge is 2.35. The van der Waals surface area contributed by atoms with Gasteiger partial charge in [-0.05, 0) is 12.1 Å². The number of halogens is 2. The number of rotatable bonds is 3. The molecule has 2 aliphatic heterocycles. The molecule has 0 radical (unpaired) electrons. The highest BCUT2D eigenvalue weighted by molar-refractivity contribution is 7.89. The lowest BCUT2D eigenvalue weighted by molar-refractivity contribution is -0.135. The van der Waals surface area contributed by atoms with Crippen LogP contribution in [0.3, 0.4) is 0 Å². The summed E-state index contributed by atoms with van der Waals surface area (Å²) in [6.45, 7) is 2.06. The summed E-state index contributed by atoms with van der Waals surface area (Å²) in [5.41, 5.74) is 1.74. The maximum Gasteiger partial charge on any atom is 0.246 e. The van der Waals surface area contributed by atoms with Crippen molar-refractivity contribution in [3.05, 3.63) is 48.0 Å². The molecule has 4 rings (SSSR count). The van der Waals surface area contributed by atoms with E-state index in [1.54, 1.807) is 41.6 Å². The predicted octanol–water partition coefficient (Wildman–Crippen LogP) is 0.973. The maximum absolute atomic E-state index is 12.9. The van der Waals surface area contributed by atoms with Crippen molar-refractivity contribution in [2.24, 2.45) is 0 Å². The van der Waals surface area contributed by atoms with Gasteiger partial charge in [0.05, 0.1) is 16.9 Å². The number of nitrogens with zero attached hydrogens (tertiary/aromatic N) is 3. The van der Waals surface area contributed by atoms with Crippen LogP contribution in [0.1, 0.15) is 17.4 Å². The Morgan fingerprint density at radius 2 is 1.75 bits per heavy atom. The molecular weight excluding hydrogens is 425 g/mol. The molecule has 1 aromatic heterocycles. The molecule has 2 N–H and O–H groups in total. The minimum absolute atomic E-state index is 0. The van der Waals surface area contributed by atoms with Crippen LogP contribution in [0.5, 0.6) is 0 Å². The third-order valence-corrected chi connectivity index (χ3v) is 6.84. The van der Waals surface area contributed by atoms with Gasteiger partial charge in [-0.1, -0.05) is 18.2 Å². The van der Waals surface area contributed by atoms with Crippen molar-refractivity contribution >= 4 is 40.7 Å². The number of amides is 1. The number of sulfonamides is 1. The number of hydrogen-bond donors (Lipinski definition) is 2. The second-order valence-corrected chi connectivity index (χ2v) is 8.38. The second-order valence-electron chi connectivity index (χ2n) is 6.45. The first-order valence-corrected chi connectivity index (χ1v) is 10.1. The van der Waals surface area contributed by atoms with E-state index in [1.807, 2.05) is 0 Å². The van der Waals surface area contributed by atoms with Gasteiger partial charge in [0.25, 0.3) is 0 Å². The largest absolute Gasteiger partial charge is 0.348 e. The summed E-state index contributed by atoms with van der Waals surface area (Å²) in [5, 5.41) is 3.22. The molecule has 1 amide bonds. The Morgan fingerprint density at radius 1 is 1.07 bits per heavy atom. The zero-order chi connectivity index (χ0) is 18.1. The maximum atomic E-state index is 12.9. The molecule has 1 fully saturated rings. The fourth-order valence-corrected chi connectivity index (χ4v) is 4.94. The van der Waals surface area contributed by atoms with Gasteiger partial charge >= 0.3 is 0 Å². The van der Waals surface area contributed by atoms with E-state index in [9.17, 15) is 13.2 Å². The van der Waals surface area contributed by atoms with Crippen LogP contribution in [0, 0.1) is 0 Å². The molecule has 0 spiro atoms. The highest BCUT2D eigenvalue weighted by atomic mass is 35.5. The number of piperazine rings is 1. The molecule has 0 saturated carbocycles. The zero-order valence-electron chi connectivity index (χ0n) is 15.1. The molecule has 3 heterocycles. The van der Waals surface area contributed by atoms with Gasteiger partial charge in [0.1, 0.15) is 6.04 Å². The molecule has 1 unspecified atom stereocenters. The van der Waals surface area contributed by atoms with Crippen LogP contribution in [0.2, 0.25) is 0 Å². The molecule has 8 nitrogen and oxygen atoms in total. The summed E-state index contributed by atoms with van der Waals surface area (Å²) in [6.07, 6.45) is 2.44. The Morgan fingerprint density at radius 3 is 2.43 bits per heavy atom. The molecule has 0 bridgehead atoms. The summed E-state index contributed by atoms with van der Waals surface area (Å²) >= 11 is 0. The van der Waals surface area contributed by atoms with Gasteiger partial charge in [0.15, 0.2) is 0 Å². The number of imidazole rings is 1. The van der Waals surface area contributed by atoms with Crippen molar-refractivity contribution in [3.63, 3.8) is 0 Å². The third kappa shape index (κ3) is 4.18. The van der Waals surface area contributed by atoms with Crippen LogP contribution in [-0.2, 0) is 21.2 Å². The van der Waals surface area contributed by atoms with E-state index in [0.29, 0.717) is 32.7 Å². The lowest BCUT2D eigenvalue weighted by Gasteiger charge is -2.36. The second kappa shape index (κ2) is 9.23. The average molecular weight is 448 g/mol. The third-order valence-electron chi connectivity index (χ3n) is 4.93. The van der Waals surface area contributed by atoms with Crippen molar-refractivity contribution in [2.75, 3.05) is 32.7 Å². The van der Waals surface area contributed by atoms with Gasteiger partial charge < -0.3 is 15.2 Å². The molecular formula is C17H23Cl2N5O3S.